The van der Waals surface area contributed by atoms with Crippen LogP contribution in [0.15, 0.2) is 0 Å². The molecule has 0 atom stereocenters. The average Bonchev–Trinajstić information content (AvgIpc) is 2.27. The van der Waals surface area contributed by atoms with E-state index in [0.29, 0.717) is 3.91 Å². The summed E-state index contributed by atoms with van der Waals surface area (Å²) in [6, 6.07) is 0. The minimum atomic E-state index is -1.82. The molecule has 0 saturated carbocycles. The van der Waals surface area contributed by atoms with Crippen LogP contribution in [0.3, 0.4) is 0 Å². The van der Waals surface area contributed by atoms with Gasteiger partial charge in [-0.15, -0.1) is 0 Å². The van der Waals surface area contributed by atoms with E-state index < -0.39 is 33.3 Å². The van der Waals surface area contributed by atoms with E-state index in [1.165, 1.54) is 0 Å². The fourth-order valence-electron chi connectivity index (χ4n) is 5.71. The predicted octanol–water partition coefficient (Wildman–Crippen LogP) is 3.65. The molecule has 0 spiro atoms. The van der Waals surface area contributed by atoms with Gasteiger partial charge in [0.1, 0.15) is 3.91 Å². The topological polar surface area (TPSA) is 21.2 Å². The van der Waals surface area contributed by atoms with Crippen molar-refractivity contribution in [1.29, 1.82) is 0 Å². The Labute approximate surface area is 123 Å². The van der Waals surface area contributed by atoms with Crippen LogP contribution in [0.5, 0.6) is 0 Å². The molecule has 0 unspecified atom stereocenters. The van der Waals surface area contributed by atoms with Crippen molar-refractivity contribution >= 4 is 33.3 Å². The Kier molecular flexibility index (Phi) is 4.33. The second-order valence-corrected chi connectivity index (χ2v) is 28.2. The van der Waals surface area contributed by atoms with Crippen molar-refractivity contribution in [2.45, 2.75) is 56.3 Å². The maximum Gasteiger partial charge on any atom is 0.366 e. The van der Waals surface area contributed by atoms with Crippen molar-refractivity contribution in [1.82, 2.24) is 0 Å². The Morgan fingerprint density at radius 3 is 1.26 bits per heavy atom. The van der Waals surface area contributed by atoms with Crippen LogP contribution in [-0.2, 0) is 12.6 Å². The van der Waals surface area contributed by atoms with Gasteiger partial charge >= 0.3 is 16.6 Å². The van der Waals surface area contributed by atoms with E-state index in [1.54, 1.807) is 0 Å². The summed E-state index contributed by atoms with van der Waals surface area (Å²) in [6.07, 6.45) is 0. The lowest BCUT2D eigenvalue weighted by Gasteiger charge is -2.72. The van der Waals surface area contributed by atoms with Crippen LogP contribution in [0.25, 0.3) is 0 Å². The molecule has 1 saturated heterocycles. The van der Waals surface area contributed by atoms with Crippen LogP contribution in [0.2, 0.25) is 56.3 Å². The largest absolute Gasteiger partial charge is 0.621 e. The van der Waals surface area contributed by atoms with E-state index in [4.69, 9.17) is 8.85 Å². The SMILES string of the molecule is CO[Si](C)(C)C1([Si](C)(C)OC)[Si](C)(C)[O+](C)[Si]1(C)C. The zero-order valence-electron chi connectivity index (χ0n) is 14.7. The van der Waals surface area contributed by atoms with Crippen LogP contribution in [0.1, 0.15) is 0 Å². The highest BCUT2D eigenvalue weighted by atomic mass is 28.6. The highest BCUT2D eigenvalue weighted by Crippen LogP contribution is 2.70. The molecule has 114 valence electrons. The van der Waals surface area contributed by atoms with Crippen molar-refractivity contribution < 1.29 is 12.6 Å². The molecule has 0 radical (unpaired) electrons. The van der Waals surface area contributed by atoms with E-state index in [-0.39, 0.29) is 0 Å². The van der Waals surface area contributed by atoms with Gasteiger partial charge in [-0.3, -0.25) is 0 Å². The van der Waals surface area contributed by atoms with Gasteiger partial charge in [0.2, 0.25) is 16.6 Å². The lowest BCUT2D eigenvalue weighted by Crippen LogP contribution is -2.92. The van der Waals surface area contributed by atoms with Gasteiger partial charge in [0.15, 0.2) is 0 Å². The number of rotatable bonds is 4. The smallest absolute Gasteiger partial charge is 0.366 e. The summed E-state index contributed by atoms with van der Waals surface area (Å²) in [5.41, 5.74) is 0. The zero-order valence-corrected chi connectivity index (χ0v) is 18.7. The van der Waals surface area contributed by atoms with Gasteiger partial charge in [-0.1, -0.05) is 0 Å². The second kappa shape index (κ2) is 4.62. The molecule has 0 N–H and O–H groups in total. The van der Waals surface area contributed by atoms with Crippen molar-refractivity contribution in [2.75, 3.05) is 21.3 Å². The van der Waals surface area contributed by atoms with E-state index in [2.05, 4.69) is 63.2 Å². The van der Waals surface area contributed by atoms with Crippen LogP contribution < -0.4 is 0 Å². The van der Waals surface area contributed by atoms with E-state index in [0.717, 1.165) is 0 Å². The normalized spacial score (nSPS) is 26.1. The molecule has 0 aromatic rings. The van der Waals surface area contributed by atoms with Gasteiger partial charge in [-0.05, 0) is 26.2 Å². The van der Waals surface area contributed by atoms with E-state index in [9.17, 15) is 0 Å². The summed E-state index contributed by atoms with van der Waals surface area (Å²) >= 11 is 0. The molecule has 19 heavy (non-hydrogen) atoms. The molecule has 1 heterocycles. The molecule has 3 nitrogen and oxygen atoms in total. The molecule has 1 fully saturated rings. The Morgan fingerprint density at radius 1 is 0.789 bits per heavy atom. The minimum absolute atomic E-state index is 0.378. The third kappa shape index (κ3) is 1.75. The third-order valence-corrected chi connectivity index (χ3v) is 43.2. The molecule has 1 aliphatic heterocycles. The van der Waals surface area contributed by atoms with Crippen molar-refractivity contribution in [3.05, 3.63) is 0 Å². The molecular weight excluding hydrogens is 304 g/mol. The Morgan fingerprint density at radius 2 is 1.05 bits per heavy atom. The van der Waals surface area contributed by atoms with Crippen molar-refractivity contribution in [2.24, 2.45) is 0 Å². The van der Waals surface area contributed by atoms with E-state index >= 15 is 0 Å². The van der Waals surface area contributed by atoms with Gasteiger partial charge in [0, 0.05) is 40.4 Å². The number of hydrogen-bond acceptors (Lipinski definition) is 2. The maximum atomic E-state index is 6.18. The van der Waals surface area contributed by atoms with Crippen LogP contribution in [-0.4, -0.2) is 54.6 Å². The maximum absolute atomic E-state index is 6.18. The fraction of sp³-hybridized carbons (Fsp3) is 1.00. The first-order chi connectivity index (χ1) is 8.28. The van der Waals surface area contributed by atoms with Gasteiger partial charge < -0.3 is 12.6 Å². The lowest BCUT2D eigenvalue weighted by atomic mass is 11.6. The summed E-state index contributed by atoms with van der Waals surface area (Å²) < 4.78 is 16.4. The minimum Gasteiger partial charge on any atom is -0.621 e. The zero-order chi connectivity index (χ0) is 15.5. The molecule has 1 rings (SSSR count). The Bertz CT molecular complexity index is 312. The van der Waals surface area contributed by atoms with Crippen molar-refractivity contribution in [3.8, 4) is 0 Å². The van der Waals surface area contributed by atoms with E-state index in [1.807, 2.05) is 14.2 Å². The summed E-state index contributed by atoms with van der Waals surface area (Å²) in [6.45, 7) is 19.6. The summed E-state index contributed by atoms with van der Waals surface area (Å²) in [7, 11) is -0.704. The average molecular weight is 338 g/mol. The highest BCUT2D eigenvalue weighted by molar-refractivity contribution is 7.32. The monoisotopic (exact) mass is 337 g/mol. The molecule has 0 amide bonds. The molecule has 0 aromatic heterocycles. The van der Waals surface area contributed by atoms with Crippen LogP contribution in [0, 0.1) is 0 Å². The first-order valence-corrected chi connectivity index (χ1v) is 18.7. The van der Waals surface area contributed by atoms with Gasteiger partial charge in [0.25, 0.3) is 0 Å². The standard InChI is InChI=1S/C12H33O3Si4/c1-13-16(4,5)12(17(6,7)14-2)18(8,9)15(3)19(12,10)11/h1-11H3/q+1. The third-order valence-electron chi connectivity index (χ3n) is 6.16. The lowest BCUT2D eigenvalue weighted by molar-refractivity contribution is 0.163. The summed E-state index contributed by atoms with van der Waals surface area (Å²) in [4.78, 5) is 0. The molecule has 0 bridgehead atoms. The summed E-state index contributed by atoms with van der Waals surface area (Å²) in [5.74, 6) is 0. The van der Waals surface area contributed by atoms with Crippen molar-refractivity contribution in [3.63, 3.8) is 0 Å². The fourth-order valence-corrected chi connectivity index (χ4v) is 53.2. The van der Waals surface area contributed by atoms with Crippen LogP contribution in [0.4, 0.5) is 0 Å². The van der Waals surface area contributed by atoms with Gasteiger partial charge in [0.05, 0.1) is 7.11 Å². The Hall–Kier alpha value is 0.748. The first kappa shape index (κ1) is 17.8. The molecule has 1 aliphatic rings. The van der Waals surface area contributed by atoms with Crippen LogP contribution >= 0.6 is 0 Å². The number of hydrogen-bond donors (Lipinski definition) is 0. The van der Waals surface area contributed by atoms with Gasteiger partial charge in [-0.25, -0.2) is 0 Å². The quantitative estimate of drug-likeness (QED) is 0.577. The highest BCUT2D eigenvalue weighted by Gasteiger charge is 2.93. The van der Waals surface area contributed by atoms with Gasteiger partial charge in [-0.2, -0.15) is 0 Å². The Balaban J connectivity index is 3.64. The molecule has 0 aromatic carbocycles. The molecule has 7 heteroatoms. The molecular formula is C12H33O3Si4+. The second-order valence-electron chi connectivity index (χ2n) is 7.71. The molecule has 0 aliphatic carbocycles. The summed E-state index contributed by atoms with van der Waals surface area (Å²) in [5, 5.41) is 0. The first-order valence-electron chi connectivity index (χ1n) is 7.04. The predicted molar refractivity (Wildman–Crippen MR) is 93.6 cm³/mol.